The van der Waals surface area contributed by atoms with E-state index in [1.165, 1.54) is 19.3 Å². The number of aryl methyl sites for hydroxylation is 1. The lowest BCUT2D eigenvalue weighted by Gasteiger charge is -2.60. The molecule has 2 N–H and O–H groups in total. The van der Waals surface area contributed by atoms with Crippen LogP contribution < -0.4 is 10.6 Å². The summed E-state index contributed by atoms with van der Waals surface area (Å²) in [5, 5.41) is 9.21. The smallest absolute Gasteiger partial charge is 0.315 e. The number of nitrogens with one attached hydrogen (secondary N) is 2. The van der Waals surface area contributed by atoms with E-state index in [0.717, 1.165) is 30.2 Å². The van der Waals surface area contributed by atoms with Gasteiger partial charge in [0.05, 0.1) is 16.8 Å². The summed E-state index contributed by atoms with van der Waals surface area (Å²) in [4.78, 5) is 16.5. The van der Waals surface area contributed by atoms with Gasteiger partial charge in [0.1, 0.15) is 0 Å². The van der Waals surface area contributed by atoms with Gasteiger partial charge >= 0.3 is 6.03 Å². The third-order valence-electron chi connectivity index (χ3n) is 5.08. The zero-order chi connectivity index (χ0) is 15.6. The fourth-order valence-corrected chi connectivity index (χ4v) is 4.32. The van der Waals surface area contributed by atoms with Gasteiger partial charge < -0.3 is 15.4 Å². The Labute approximate surface area is 135 Å². The van der Waals surface area contributed by atoms with Crippen LogP contribution in [0.5, 0.6) is 0 Å². The fourth-order valence-electron chi connectivity index (χ4n) is 3.68. The van der Waals surface area contributed by atoms with Gasteiger partial charge in [-0.3, -0.25) is 0 Å². The summed E-state index contributed by atoms with van der Waals surface area (Å²) in [6, 6.07) is 0.220. The Morgan fingerprint density at radius 2 is 2.36 bits per heavy atom. The largest absolute Gasteiger partial charge is 0.378 e. The number of carbonyl (C=O) groups is 1. The van der Waals surface area contributed by atoms with Crippen molar-refractivity contribution in [3.05, 3.63) is 16.1 Å². The molecular weight excluding hydrogens is 298 g/mol. The van der Waals surface area contributed by atoms with E-state index in [1.54, 1.807) is 11.3 Å². The average Bonchev–Trinajstić information content (AvgIpc) is 2.81. The summed E-state index contributed by atoms with van der Waals surface area (Å²) in [5.41, 5.74) is 1.28. The number of ether oxygens (including phenoxy) is 1. The van der Waals surface area contributed by atoms with Crippen LogP contribution in [0.25, 0.3) is 0 Å². The number of thiazole rings is 1. The van der Waals surface area contributed by atoms with Crippen molar-refractivity contribution in [1.82, 2.24) is 15.6 Å². The van der Waals surface area contributed by atoms with Crippen molar-refractivity contribution < 1.29 is 9.53 Å². The molecule has 2 saturated carbocycles. The van der Waals surface area contributed by atoms with E-state index in [4.69, 9.17) is 4.74 Å². The normalized spacial score (nSPS) is 25.4. The minimum Gasteiger partial charge on any atom is -0.378 e. The van der Waals surface area contributed by atoms with Crippen LogP contribution in [0.15, 0.2) is 5.38 Å². The highest BCUT2D eigenvalue weighted by atomic mass is 32.1. The van der Waals surface area contributed by atoms with Gasteiger partial charge in [0.15, 0.2) is 0 Å². The maximum atomic E-state index is 12.1. The number of aromatic nitrogens is 1. The van der Waals surface area contributed by atoms with Crippen LogP contribution in [-0.4, -0.2) is 36.3 Å². The van der Waals surface area contributed by atoms with Crippen LogP contribution in [0.3, 0.4) is 0 Å². The predicted octanol–water partition coefficient (Wildman–Crippen LogP) is 2.64. The van der Waals surface area contributed by atoms with Crippen LogP contribution in [-0.2, 0) is 11.2 Å². The lowest BCUT2D eigenvalue weighted by molar-refractivity contribution is -0.169. The van der Waals surface area contributed by atoms with Crippen LogP contribution >= 0.6 is 11.3 Å². The molecule has 122 valence electrons. The molecule has 0 unspecified atom stereocenters. The third-order valence-corrected chi connectivity index (χ3v) is 5.90. The van der Waals surface area contributed by atoms with Crippen molar-refractivity contribution in [3.63, 3.8) is 0 Å². The van der Waals surface area contributed by atoms with E-state index < -0.39 is 0 Å². The molecule has 2 aliphatic rings. The molecule has 0 radical (unpaired) electrons. The highest BCUT2D eigenvalue weighted by Crippen LogP contribution is 2.57. The second-order valence-electron chi connectivity index (χ2n) is 6.33. The van der Waals surface area contributed by atoms with E-state index >= 15 is 0 Å². The van der Waals surface area contributed by atoms with Gasteiger partial charge in [-0.25, -0.2) is 9.78 Å². The van der Waals surface area contributed by atoms with E-state index in [1.807, 2.05) is 13.8 Å². The standard InChI is InChI=1S/C16H25N3O2S/c1-3-21-14-9-13(16(14)6-4-7-16)19-15(20)17-8-5-12-10-22-11(2)18-12/h10,13-14H,3-9H2,1-2H3,(H2,17,19,20)/t13-,14+/m1/s1. The number of urea groups is 1. The Bertz CT molecular complexity index is 527. The van der Waals surface area contributed by atoms with Crippen LogP contribution in [0, 0.1) is 12.3 Å². The third kappa shape index (κ3) is 2.99. The summed E-state index contributed by atoms with van der Waals surface area (Å²) in [5.74, 6) is 0. The first-order chi connectivity index (χ1) is 10.6. The van der Waals surface area contributed by atoms with Gasteiger partial charge in [-0.2, -0.15) is 0 Å². The molecule has 1 aromatic heterocycles. The Morgan fingerprint density at radius 1 is 1.55 bits per heavy atom. The zero-order valence-corrected chi connectivity index (χ0v) is 14.2. The minimum absolute atomic E-state index is 0.0572. The monoisotopic (exact) mass is 323 g/mol. The Kier molecular flexibility index (Phi) is 4.68. The van der Waals surface area contributed by atoms with Gasteiger partial charge in [0, 0.05) is 36.4 Å². The van der Waals surface area contributed by atoms with Crippen molar-refractivity contribution in [1.29, 1.82) is 0 Å². The Morgan fingerprint density at radius 3 is 2.95 bits per heavy atom. The molecule has 0 aliphatic heterocycles. The molecule has 5 nitrogen and oxygen atoms in total. The molecule has 0 aromatic carbocycles. The molecule has 2 amide bonds. The number of rotatable bonds is 6. The van der Waals surface area contributed by atoms with Crippen molar-refractivity contribution in [3.8, 4) is 0 Å². The van der Waals surface area contributed by atoms with Crippen molar-refractivity contribution in [2.24, 2.45) is 5.41 Å². The van der Waals surface area contributed by atoms with E-state index in [0.29, 0.717) is 12.6 Å². The molecule has 2 atom stereocenters. The molecule has 0 bridgehead atoms. The van der Waals surface area contributed by atoms with Gasteiger partial charge in [-0.05, 0) is 33.1 Å². The quantitative estimate of drug-likeness (QED) is 0.846. The SMILES string of the molecule is CCO[C@H]1C[C@@H](NC(=O)NCCc2csc(C)n2)C12CCC2. The molecule has 6 heteroatoms. The summed E-state index contributed by atoms with van der Waals surface area (Å²) in [7, 11) is 0. The Balaban J connectivity index is 1.41. The lowest BCUT2D eigenvalue weighted by atomic mass is 9.51. The number of amides is 2. The van der Waals surface area contributed by atoms with Gasteiger partial charge in [-0.15, -0.1) is 11.3 Å². The fraction of sp³-hybridized carbons (Fsp3) is 0.750. The van der Waals surface area contributed by atoms with Gasteiger partial charge in [0.25, 0.3) is 0 Å². The van der Waals surface area contributed by atoms with Crippen molar-refractivity contribution in [2.75, 3.05) is 13.2 Å². The first kappa shape index (κ1) is 15.7. The first-order valence-corrected chi connectivity index (χ1v) is 9.09. The molecule has 3 rings (SSSR count). The molecule has 1 spiro atoms. The molecule has 1 aromatic rings. The summed E-state index contributed by atoms with van der Waals surface area (Å²) >= 11 is 1.65. The summed E-state index contributed by atoms with van der Waals surface area (Å²) in [6.07, 6.45) is 5.70. The first-order valence-electron chi connectivity index (χ1n) is 8.21. The topological polar surface area (TPSA) is 63.2 Å². The number of nitrogens with zero attached hydrogens (tertiary/aromatic N) is 1. The maximum Gasteiger partial charge on any atom is 0.315 e. The molecule has 1 heterocycles. The van der Waals surface area contributed by atoms with E-state index in [2.05, 4.69) is 21.0 Å². The highest BCUT2D eigenvalue weighted by molar-refractivity contribution is 7.09. The molecule has 2 fully saturated rings. The molecule has 2 aliphatic carbocycles. The summed E-state index contributed by atoms with van der Waals surface area (Å²) in [6.45, 7) is 5.43. The lowest BCUT2D eigenvalue weighted by Crippen LogP contribution is -2.68. The highest BCUT2D eigenvalue weighted by Gasteiger charge is 2.59. The Hall–Kier alpha value is -1.14. The molecule has 0 saturated heterocycles. The van der Waals surface area contributed by atoms with Crippen LogP contribution in [0.4, 0.5) is 4.79 Å². The molecular formula is C16H25N3O2S. The van der Waals surface area contributed by atoms with E-state index in [-0.39, 0.29) is 17.5 Å². The van der Waals surface area contributed by atoms with E-state index in [9.17, 15) is 4.79 Å². The number of carbonyl (C=O) groups excluding carboxylic acids is 1. The van der Waals surface area contributed by atoms with Gasteiger partial charge in [-0.1, -0.05) is 6.42 Å². The minimum atomic E-state index is -0.0572. The van der Waals surface area contributed by atoms with Gasteiger partial charge in [0.2, 0.25) is 0 Å². The number of hydrogen-bond donors (Lipinski definition) is 2. The van der Waals surface area contributed by atoms with Crippen molar-refractivity contribution >= 4 is 17.4 Å². The maximum absolute atomic E-state index is 12.1. The number of hydrogen-bond acceptors (Lipinski definition) is 4. The van der Waals surface area contributed by atoms with Crippen LogP contribution in [0.1, 0.15) is 43.3 Å². The molecule has 22 heavy (non-hydrogen) atoms. The predicted molar refractivity (Wildman–Crippen MR) is 87.2 cm³/mol. The summed E-state index contributed by atoms with van der Waals surface area (Å²) < 4.78 is 5.81. The van der Waals surface area contributed by atoms with Crippen molar-refractivity contribution in [2.45, 2.75) is 58.1 Å². The zero-order valence-electron chi connectivity index (χ0n) is 13.4. The van der Waals surface area contributed by atoms with Crippen LogP contribution in [0.2, 0.25) is 0 Å². The second-order valence-corrected chi connectivity index (χ2v) is 7.39. The average molecular weight is 323 g/mol. The second kappa shape index (κ2) is 6.54.